The molecule has 1 unspecified atom stereocenters. The molecule has 4 N–H and O–H groups in total. The second-order valence-corrected chi connectivity index (χ2v) is 6.26. The normalized spacial score (nSPS) is 27.4. The van der Waals surface area contributed by atoms with Crippen molar-refractivity contribution in [3.05, 3.63) is 30.1 Å². The van der Waals surface area contributed by atoms with Crippen molar-refractivity contribution in [1.29, 1.82) is 0 Å². The topological polar surface area (TPSA) is 107 Å². The number of rotatable bonds is 5. The van der Waals surface area contributed by atoms with Gasteiger partial charge in [-0.1, -0.05) is 12.1 Å². The fraction of sp³-hybridized carbons (Fsp3) is 0.500. The van der Waals surface area contributed by atoms with Gasteiger partial charge in [-0.25, -0.2) is 4.98 Å². The summed E-state index contributed by atoms with van der Waals surface area (Å²) in [6.07, 6.45) is -0.785. The summed E-state index contributed by atoms with van der Waals surface area (Å²) in [6, 6.07) is 7.42. The maximum atomic E-state index is 12.3. The lowest BCUT2D eigenvalue weighted by Crippen LogP contribution is -2.39. The number of benzene rings is 1. The molecular formula is C16H21N3O4. The zero-order valence-electron chi connectivity index (χ0n) is 13.0. The molecule has 124 valence electrons. The number of carbonyl (C=O) groups is 1. The average Bonchev–Trinajstić information content (AvgIpc) is 3.07. The first-order valence-corrected chi connectivity index (χ1v) is 7.61. The third-order valence-corrected chi connectivity index (χ3v) is 4.41. The molecule has 1 aliphatic carbocycles. The second-order valence-electron chi connectivity index (χ2n) is 6.26. The minimum atomic E-state index is -0.784. The molecule has 1 saturated carbocycles. The third kappa shape index (κ3) is 3.21. The standard InChI is InChI=1S/C16H21N3O4/c1-23-9-16(6-12(20)13(21)7-16)8-17-15(22)14-18-10-4-2-3-5-11(10)19-14/h2-5,12-13,20-21H,6-9H2,1H3,(H,17,22)(H,18,19)/t12-,13+,16?. The van der Waals surface area contributed by atoms with E-state index in [1.165, 1.54) is 0 Å². The van der Waals surface area contributed by atoms with Crippen molar-refractivity contribution in [2.45, 2.75) is 25.0 Å². The number of hydrogen-bond donors (Lipinski definition) is 4. The molecule has 7 heteroatoms. The summed E-state index contributed by atoms with van der Waals surface area (Å²) in [5.74, 6) is -0.0644. The highest BCUT2D eigenvalue weighted by atomic mass is 16.5. The van der Waals surface area contributed by atoms with Gasteiger partial charge in [-0.3, -0.25) is 4.79 Å². The highest BCUT2D eigenvalue weighted by molar-refractivity contribution is 5.94. The molecule has 0 saturated heterocycles. The quantitative estimate of drug-likeness (QED) is 0.640. The smallest absolute Gasteiger partial charge is 0.287 e. The average molecular weight is 319 g/mol. The summed E-state index contributed by atoms with van der Waals surface area (Å²) < 4.78 is 5.21. The summed E-state index contributed by atoms with van der Waals surface area (Å²) in [4.78, 5) is 19.5. The van der Waals surface area contributed by atoms with Crippen molar-refractivity contribution in [2.75, 3.05) is 20.3 Å². The van der Waals surface area contributed by atoms with E-state index in [1.54, 1.807) is 7.11 Å². The number of nitrogens with one attached hydrogen (secondary N) is 2. The van der Waals surface area contributed by atoms with Crippen molar-refractivity contribution < 1.29 is 19.7 Å². The highest BCUT2D eigenvalue weighted by Crippen LogP contribution is 2.38. The number of fused-ring (bicyclic) bond motifs is 1. The molecule has 7 nitrogen and oxygen atoms in total. The third-order valence-electron chi connectivity index (χ3n) is 4.41. The molecule has 1 aromatic carbocycles. The van der Waals surface area contributed by atoms with Gasteiger partial charge in [0.2, 0.25) is 0 Å². The van der Waals surface area contributed by atoms with E-state index in [-0.39, 0.29) is 11.7 Å². The summed E-state index contributed by atoms with van der Waals surface area (Å²) >= 11 is 0. The molecule has 0 aliphatic heterocycles. The number of H-pyrrole nitrogens is 1. The number of nitrogens with zero attached hydrogens (tertiary/aromatic N) is 1. The Hall–Kier alpha value is -1.96. The van der Waals surface area contributed by atoms with Crippen LogP contribution in [0.25, 0.3) is 11.0 Å². The number of aliphatic hydroxyl groups is 2. The minimum Gasteiger partial charge on any atom is -0.390 e. The summed E-state index contributed by atoms with van der Waals surface area (Å²) in [7, 11) is 1.57. The molecular weight excluding hydrogens is 298 g/mol. The van der Waals surface area contributed by atoms with E-state index in [1.807, 2.05) is 24.3 Å². The Balaban J connectivity index is 1.69. The summed E-state index contributed by atoms with van der Waals surface area (Å²) in [5.41, 5.74) is 1.07. The first-order valence-electron chi connectivity index (χ1n) is 7.61. The van der Waals surface area contributed by atoms with Gasteiger partial charge in [-0.05, 0) is 25.0 Å². The van der Waals surface area contributed by atoms with Gasteiger partial charge in [0.25, 0.3) is 5.91 Å². The Morgan fingerprint density at radius 1 is 1.39 bits per heavy atom. The minimum absolute atomic E-state index is 0.248. The first kappa shape index (κ1) is 15.9. The second kappa shape index (κ2) is 6.27. The maximum Gasteiger partial charge on any atom is 0.287 e. The van der Waals surface area contributed by atoms with Crippen molar-refractivity contribution in [2.24, 2.45) is 5.41 Å². The van der Waals surface area contributed by atoms with E-state index < -0.39 is 17.6 Å². The van der Waals surface area contributed by atoms with Gasteiger partial charge in [0.05, 0.1) is 29.8 Å². The predicted molar refractivity (Wildman–Crippen MR) is 84.0 cm³/mol. The van der Waals surface area contributed by atoms with E-state index in [0.717, 1.165) is 11.0 Å². The SMILES string of the molecule is COCC1(CNC(=O)c2nc3ccccc3[nH]2)C[C@@H](O)[C@@H](O)C1. The van der Waals surface area contributed by atoms with Crippen LogP contribution in [0.3, 0.4) is 0 Å². The van der Waals surface area contributed by atoms with Gasteiger partial charge >= 0.3 is 0 Å². The van der Waals surface area contributed by atoms with Crippen LogP contribution in [0.2, 0.25) is 0 Å². The lowest BCUT2D eigenvalue weighted by atomic mass is 9.86. The Bertz CT molecular complexity index is 656. The van der Waals surface area contributed by atoms with Crippen molar-refractivity contribution in [1.82, 2.24) is 15.3 Å². The lowest BCUT2D eigenvalue weighted by molar-refractivity contribution is 0.0438. The summed E-state index contributed by atoms with van der Waals surface area (Å²) in [6.45, 7) is 0.673. The fourth-order valence-electron chi connectivity index (χ4n) is 3.27. The van der Waals surface area contributed by atoms with Gasteiger partial charge in [-0.2, -0.15) is 0 Å². The van der Waals surface area contributed by atoms with E-state index in [4.69, 9.17) is 4.74 Å². The Morgan fingerprint density at radius 3 is 2.74 bits per heavy atom. The van der Waals surface area contributed by atoms with E-state index in [2.05, 4.69) is 15.3 Å². The van der Waals surface area contributed by atoms with Crippen LogP contribution in [0.1, 0.15) is 23.5 Å². The number of imidazole rings is 1. The van der Waals surface area contributed by atoms with Crippen LogP contribution in [0.15, 0.2) is 24.3 Å². The molecule has 3 rings (SSSR count). The van der Waals surface area contributed by atoms with Gasteiger partial charge < -0.3 is 25.3 Å². The fourth-order valence-corrected chi connectivity index (χ4v) is 3.27. The van der Waals surface area contributed by atoms with E-state index in [0.29, 0.717) is 26.0 Å². The van der Waals surface area contributed by atoms with Crippen molar-refractivity contribution in [3.8, 4) is 0 Å². The zero-order valence-corrected chi connectivity index (χ0v) is 13.0. The Labute approximate surface area is 133 Å². The molecule has 0 spiro atoms. The van der Waals surface area contributed by atoms with Crippen LogP contribution in [0.5, 0.6) is 0 Å². The molecule has 1 fully saturated rings. The molecule has 23 heavy (non-hydrogen) atoms. The molecule has 0 bridgehead atoms. The molecule has 2 aromatic rings. The Morgan fingerprint density at radius 2 is 2.09 bits per heavy atom. The molecule has 1 amide bonds. The number of amides is 1. The van der Waals surface area contributed by atoms with E-state index in [9.17, 15) is 15.0 Å². The lowest BCUT2D eigenvalue weighted by Gasteiger charge is -2.28. The number of para-hydroxylation sites is 2. The van der Waals surface area contributed by atoms with Crippen LogP contribution in [0.4, 0.5) is 0 Å². The predicted octanol–water partition coefficient (Wildman–Crippen LogP) is 0.441. The van der Waals surface area contributed by atoms with E-state index >= 15 is 0 Å². The van der Waals surface area contributed by atoms with Gasteiger partial charge in [-0.15, -0.1) is 0 Å². The number of carbonyl (C=O) groups excluding carboxylic acids is 1. The monoisotopic (exact) mass is 319 g/mol. The van der Waals surface area contributed by atoms with Crippen LogP contribution >= 0.6 is 0 Å². The van der Waals surface area contributed by atoms with Crippen LogP contribution < -0.4 is 5.32 Å². The van der Waals surface area contributed by atoms with Gasteiger partial charge in [0.1, 0.15) is 0 Å². The number of aliphatic hydroxyl groups excluding tert-OH is 2. The number of aromatic amines is 1. The van der Waals surface area contributed by atoms with Crippen LogP contribution in [0, 0.1) is 5.41 Å². The van der Waals surface area contributed by atoms with Crippen LogP contribution in [-0.2, 0) is 4.74 Å². The first-order chi connectivity index (χ1) is 11.0. The number of hydrogen-bond acceptors (Lipinski definition) is 5. The molecule has 1 heterocycles. The number of methoxy groups -OCH3 is 1. The summed E-state index contributed by atoms with van der Waals surface area (Å²) in [5, 5.41) is 22.4. The molecule has 0 radical (unpaired) electrons. The Kier molecular flexibility index (Phi) is 4.34. The molecule has 1 aliphatic rings. The van der Waals surface area contributed by atoms with Crippen molar-refractivity contribution >= 4 is 16.9 Å². The number of ether oxygens (including phenoxy) is 1. The van der Waals surface area contributed by atoms with Gasteiger partial charge in [0, 0.05) is 19.1 Å². The van der Waals surface area contributed by atoms with Gasteiger partial charge in [0.15, 0.2) is 5.82 Å². The zero-order chi connectivity index (χ0) is 16.4. The van der Waals surface area contributed by atoms with Crippen molar-refractivity contribution in [3.63, 3.8) is 0 Å². The number of aromatic nitrogens is 2. The highest BCUT2D eigenvalue weighted by Gasteiger charge is 2.44. The largest absolute Gasteiger partial charge is 0.390 e. The maximum absolute atomic E-state index is 12.3. The molecule has 1 aromatic heterocycles. The molecule has 3 atom stereocenters. The van der Waals surface area contributed by atoms with Crippen LogP contribution in [-0.4, -0.2) is 58.6 Å².